The highest BCUT2D eigenvalue weighted by Gasteiger charge is 2.26. The van der Waals surface area contributed by atoms with Gasteiger partial charge in [-0.3, -0.25) is 0 Å². The number of likely N-dealkylation sites (tertiary alicyclic amines) is 1. The lowest BCUT2D eigenvalue weighted by Crippen LogP contribution is -2.41. The average molecular weight is 228 g/mol. The van der Waals surface area contributed by atoms with Crippen molar-refractivity contribution in [2.75, 3.05) is 27.2 Å². The Morgan fingerprint density at radius 2 is 2.12 bits per heavy atom. The van der Waals surface area contributed by atoms with Crippen molar-refractivity contribution < 1.29 is 9.53 Å². The van der Waals surface area contributed by atoms with E-state index in [1.54, 1.807) is 11.9 Å². The van der Waals surface area contributed by atoms with Crippen LogP contribution in [0.5, 0.6) is 0 Å². The molecule has 0 spiro atoms. The molecule has 0 aromatic heterocycles. The fourth-order valence-electron chi connectivity index (χ4n) is 1.94. The van der Waals surface area contributed by atoms with Crippen molar-refractivity contribution in [3.8, 4) is 0 Å². The molecule has 0 aromatic carbocycles. The molecule has 4 nitrogen and oxygen atoms in total. The summed E-state index contributed by atoms with van der Waals surface area (Å²) >= 11 is 0. The lowest BCUT2D eigenvalue weighted by Gasteiger charge is -2.28. The average Bonchev–Trinajstić information content (AvgIpc) is 2.49. The van der Waals surface area contributed by atoms with E-state index in [-0.39, 0.29) is 6.09 Å². The number of hydrogen-bond donors (Lipinski definition) is 0. The number of likely N-dealkylation sites (N-methyl/N-ethyl adjacent to an activating group) is 2. The first-order chi connectivity index (χ1) is 7.29. The van der Waals surface area contributed by atoms with Crippen LogP contribution in [0.3, 0.4) is 0 Å². The van der Waals surface area contributed by atoms with Gasteiger partial charge in [0.15, 0.2) is 0 Å². The van der Waals surface area contributed by atoms with Crippen LogP contribution >= 0.6 is 0 Å². The Kier molecular flexibility index (Phi) is 4.19. The monoisotopic (exact) mass is 228 g/mol. The molecule has 0 bridgehead atoms. The standard InChI is InChI=1S/C12H24N2O2/c1-12(2,3)16-11(15)14(5)9-10-7-6-8-13(10)4/h10H,6-9H2,1-5H3. The Morgan fingerprint density at radius 1 is 1.50 bits per heavy atom. The maximum Gasteiger partial charge on any atom is 0.410 e. The van der Waals surface area contributed by atoms with Crippen LogP contribution in [0.2, 0.25) is 0 Å². The minimum absolute atomic E-state index is 0.229. The topological polar surface area (TPSA) is 32.8 Å². The van der Waals surface area contributed by atoms with E-state index in [0.29, 0.717) is 6.04 Å². The van der Waals surface area contributed by atoms with Gasteiger partial charge >= 0.3 is 6.09 Å². The number of rotatable bonds is 2. The van der Waals surface area contributed by atoms with Gasteiger partial charge in [0, 0.05) is 19.6 Å². The van der Waals surface area contributed by atoms with Crippen molar-refractivity contribution in [3.63, 3.8) is 0 Å². The van der Waals surface area contributed by atoms with Gasteiger partial charge in [0.1, 0.15) is 5.60 Å². The molecule has 1 atom stereocenters. The van der Waals surface area contributed by atoms with Crippen LogP contribution in [-0.4, -0.2) is 54.7 Å². The quantitative estimate of drug-likeness (QED) is 0.724. The van der Waals surface area contributed by atoms with E-state index in [9.17, 15) is 4.79 Å². The van der Waals surface area contributed by atoms with Gasteiger partial charge in [0.2, 0.25) is 0 Å². The minimum Gasteiger partial charge on any atom is -0.444 e. The predicted octanol–water partition coefficient (Wildman–Crippen LogP) is 1.95. The molecule has 0 aromatic rings. The fourth-order valence-corrected chi connectivity index (χ4v) is 1.94. The Hall–Kier alpha value is -0.770. The Bertz CT molecular complexity index is 248. The molecule has 1 heterocycles. The largest absolute Gasteiger partial charge is 0.444 e. The Morgan fingerprint density at radius 3 is 2.56 bits per heavy atom. The summed E-state index contributed by atoms with van der Waals surface area (Å²) in [5, 5.41) is 0. The van der Waals surface area contributed by atoms with Crippen LogP contribution in [0.15, 0.2) is 0 Å². The smallest absolute Gasteiger partial charge is 0.410 e. The van der Waals surface area contributed by atoms with Gasteiger partial charge < -0.3 is 14.5 Å². The number of amides is 1. The molecule has 0 aliphatic carbocycles. The Balaban J connectivity index is 2.39. The molecule has 4 heteroatoms. The van der Waals surface area contributed by atoms with Gasteiger partial charge in [-0.15, -0.1) is 0 Å². The van der Waals surface area contributed by atoms with E-state index in [0.717, 1.165) is 13.1 Å². The molecule has 1 aliphatic rings. The predicted molar refractivity (Wildman–Crippen MR) is 64.5 cm³/mol. The van der Waals surface area contributed by atoms with E-state index in [1.807, 2.05) is 20.8 Å². The van der Waals surface area contributed by atoms with Crippen molar-refractivity contribution in [3.05, 3.63) is 0 Å². The second-order valence-corrected chi connectivity index (χ2v) is 5.64. The van der Waals surface area contributed by atoms with Gasteiger partial charge in [0.25, 0.3) is 0 Å². The van der Waals surface area contributed by atoms with Crippen molar-refractivity contribution in [2.45, 2.75) is 45.3 Å². The second-order valence-electron chi connectivity index (χ2n) is 5.64. The van der Waals surface area contributed by atoms with E-state index in [4.69, 9.17) is 4.74 Å². The normalized spacial score (nSPS) is 22.2. The lowest BCUT2D eigenvalue weighted by atomic mass is 10.2. The molecule has 1 unspecified atom stereocenters. The highest BCUT2D eigenvalue weighted by molar-refractivity contribution is 5.67. The molecule has 1 amide bonds. The molecule has 0 radical (unpaired) electrons. The summed E-state index contributed by atoms with van der Waals surface area (Å²) in [6, 6.07) is 0.484. The molecule has 1 saturated heterocycles. The van der Waals surface area contributed by atoms with Gasteiger partial charge in [0.05, 0.1) is 0 Å². The number of ether oxygens (including phenoxy) is 1. The SMILES string of the molecule is CN(CC1CCCN1C)C(=O)OC(C)(C)C. The van der Waals surface area contributed by atoms with Crippen LogP contribution in [0.25, 0.3) is 0 Å². The van der Waals surface area contributed by atoms with Crippen LogP contribution in [0, 0.1) is 0 Å². The van der Waals surface area contributed by atoms with Gasteiger partial charge in [-0.25, -0.2) is 4.79 Å². The molecule has 16 heavy (non-hydrogen) atoms. The zero-order valence-electron chi connectivity index (χ0n) is 11.1. The Labute approximate surface area is 98.5 Å². The number of carbonyl (C=O) groups is 1. The third kappa shape index (κ3) is 4.00. The van der Waals surface area contributed by atoms with Crippen LogP contribution in [-0.2, 0) is 4.74 Å². The maximum atomic E-state index is 11.7. The highest BCUT2D eigenvalue weighted by atomic mass is 16.6. The molecule has 0 saturated carbocycles. The summed E-state index contributed by atoms with van der Waals surface area (Å²) in [6.45, 7) is 7.56. The molecule has 1 aliphatic heterocycles. The highest BCUT2D eigenvalue weighted by Crippen LogP contribution is 2.16. The number of carbonyl (C=O) groups excluding carboxylic acids is 1. The first kappa shape index (κ1) is 13.3. The zero-order chi connectivity index (χ0) is 12.3. The number of hydrogen-bond acceptors (Lipinski definition) is 3. The van der Waals surface area contributed by atoms with Crippen molar-refractivity contribution in [1.29, 1.82) is 0 Å². The first-order valence-electron chi connectivity index (χ1n) is 5.94. The summed E-state index contributed by atoms with van der Waals surface area (Å²) < 4.78 is 5.31. The molecular weight excluding hydrogens is 204 g/mol. The van der Waals surface area contributed by atoms with E-state index >= 15 is 0 Å². The van der Waals surface area contributed by atoms with Gasteiger partial charge in [-0.05, 0) is 47.2 Å². The van der Waals surface area contributed by atoms with Crippen LogP contribution in [0.1, 0.15) is 33.6 Å². The third-order valence-electron chi connectivity index (χ3n) is 2.86. The summed E-state index contributed by atoms with van der Waals surface area (Å²) in [6.07, 6.45) is 2.17. The number of nitrogens with zero attached hydrogens (tertiary/aromatic N) is 2. The zero-order valence-corrected chi connectivity index (χ0v) is 11.1. The third-order valence-corrected chi connectivity index (χ3v) is 2.86. The summed E-state index contributed by atoms with van der Waals surface area (Å²) in [7, 11) is 3.92. The van der Waals surface area contributed by atoms with Crippen molar-refractivity contribution in [1.82, 2.24) is 9.80 Å². The second kappa shape index (κ2) is 5.04. The molecule has 1 fully saturated rings. The molecular formula is C12H24N2O2. The van der Waals surface area contributed by atoms with Crippen LogP contribution < -0.4 is 0 Å². The maximum absolute atomic E-state index is 11.7. The van der Waals surface area contributed by atoms with Crippen molar-refractivity contribution >= 4 is 6.09 Å². The molecule has 0 N–H and O–H groups in total. The minimum atomic E-state index is -0.410. The van der Waals surface area contributed by atoms with E-state index < -0.39 is 5.60 Å². The van der Waals surface area contributed by atoms with Gasteiger partial charge in [-0.2, -0.15) is 0 Å². The first-order valence-corrected chi connectivity index (χ1v) is 5.94. The molecule has 1 rings (SSSR count). The fraction of sp³-hybridized carbons (Fsp3) is 0.917. The van der Waals surface area contributed by atoms with Crippen molar-refractivity contribution in [2.24, 2.45) is 0 Å². The van der Waals surface area contributed by atoms with E-state index in [1.165, 1.54) is 12.8 Å². The summed E-state index contributed by atoms with van der Waals surface area (Å²) in [5.41, 5.74) is -0.410. The molecule has 94 valence electrons. The summed E-state index contributed by atoms with van der Waals surface area (Å²) in [4.78, 5) is 15.7. The van der Waals surface area contributed by atoms with E-state index in [2.05, 4.69) is 11.9 Å². The van der Waals surface area contributed by atoms with Crippen LogP contribution in [0.4, 0.5) is 4.79 Å². The lowest BCUT2D eigenvalue weighted by molar-refractivity contribution is 0.0265. The van der Waals surface area contributed by atoms with Gasteiger partial charge in [-0.1, -0.05) is 0 Å². The summed E-state index contributed by atoms with van der Waals surface area (Å²) in [5.74, 6) is 0.